The van der Waals surface area contributed by atoms with E-state index in [0.717, 1.165) is 17.8 Å². The molecule has 4 nitrogen and oxygen atoms in total. The van der Waals surface area contributed by atoms with Crippen molar-refractivity contribution < 1.29 is 13.9 Å². The fourth-order valence-electron chi connectivity index (χ4n) is 2.94. The number of amides is 1. The summed E-state index contributed by atoms with van der Waals surface area (Å²) in [6, 6.07) is 4.04. The molecule has 1 fully saturated rings. The number of thiazole rings is 1. The number of halogens is 1. The predicted molar refractivity (Wildman–Crippen MR) is 87.7 cm³/mol. The van der Waals surface area contributed by atoms with Crippen molar-refractivity contribution in [3.05, 3.63) is 45.7 Å². The molecule has 1 aliphatic heterocycles. The fourth-order valence-corrected chi connectivity index (χ4v) is 3.84. The highest BCUT2D eigenvalue weighted by Gasteiger charge is 2.28. The van der Waals surface area contributed by atoms with E-state index in [2.05, 4.69) is 4.98 Å². The van der Waals surface area contributed by atoms with Crippen LogP contribution < -0.4 is 4.74 Å². The highest BCUT2D eigenvalue weighted by atomic mass is 32.1. The molecule has 1 aromatic heterocycles. The van der Waals surface area contributed by atoms with Gasteiger partial charge in [-0.2, -0.15) is 0 Å². The van der Waals surface area contributed by atoms with Gasteiger partial charge in [-0.25, -0.2) is 9.37 Å². The summed E-state index contributed by atoms with van der Waals surface area (Å²) in [6.07, 6.45) is 3.82. The van der Waals surface area contributed by atoms with Gasteiger partial charge < -0.3 is 9.64 Å². The standard InChI is InChI=1S/C17H19FN2O2S/c1-11-9-19-16(23-11)12-4-3-7-20(10-12)17(21)14-8-13(18)5-6-15(14)22-2/h5-6,8-9,12H,3-4,7,10H2,1-2H3. The van der Waals surface area contributed by atoms with E-state index < -0.39 is 5.82 Å². The first-order valence-corrected chi connectivity index (χ1v) is 8.45. The third-order valence-corrected chi connectivity index (χ3v) is 5.16. The van der Waals surface area contributed by atoms with Gasteiger partial charge in [-0.15, -0.1) is 11.3 Å². The maximum absolute atomic E-state index is 13.5. The number of aromatic nitrogens is 1. The fraction of sp³-hybridized carbons (Fsp3) is 0.412. The first-order valence-electron chi connectivity index (χ1n) is 7.63. The molecule has 3 rings (SSSR count). The molecule has 0 saturated carbocycles. The Bertz CT molecular complexity index is 716. The van der Waals surface area contributed by atoms with Gasteiger partial charge in [0.05, 0.1) is 17.7 Å². The molecule has 1 atom stereocenters. The van der Waals surface area contributed by atoms with E-state index in [1.54, 1.807) is 16.2 Å². The van der Waals surface area contributed by atoms with Gasteiger partial charge in [0, 0.05) is 30.1 Å². The van der Waals surface area contributed by atoms with Crippen molar-refractivity contribution in [3.8, 4) is 5.75 Å². The van der Waals surface area contributed by atoms with E-state index >= 15 is 0 Å². The molecule has 2 aromatic rings. The molecule has 6 heteroatoms. The average molecular weight is 334 g/mol. The van der Waals surface area contributed by atoms with Crippen molar-refractivity contribution in [1.29, 1.82) is 0 Å². The zero-order chi connectivity index (χ0) is 16.4. The van der Waals surface area contributed by atoms with Gasteiger partial charge in [0.15, 0.2) is 0 Å². The van der Waals surface area contributed by atoms with E-state index in [1.807, 2.05) is 13.1 Å². The van der Waals surface area contributed by atoms with Gasteiger partial charge in [0.25, 0.3) is 5.91 Å². The van der Waals surface area contributed by atoms with Crippen LogP contribution in [0.5, 0.6) is 5.75 Å². The Morgan fingerprint density at radius 2 is 2.30 bits per heavy atom. The van der Waals surface area contributed by atoms with E-state index in [-0.39, 0.29) is 17.4 Å². The first kappa shape index (κ1) is 15.9. The summed E-state index contributed by atoms with van der Waals surface area (Å²) in [7, 11) is 1.49. The van der Waals surface area contributed by atoms with Gasteiger partial charge in [0.2, 0.25) is 0 Å². The van der Waals surface area contributed by atoms with Gasteiger partial charge in [-0.05, 0) is 38.0 Å². The van der Waals surface area contributed by atoms with Crippen molar-refractivity contribution in [2.75, 3.05) is 20.2 Å². The number of likely N-dealkylation sites (tertiary alicyclic amines) is 1. The summed E-state index contributed by atoms with van der Waals surface area (Å²) in [5.41, 5.74) is 0.281. The van der Waals surface area contributed by atoms with E-state index in [0.29, 0.717) is 18.8 Å². The lowest BCUT2D eigenvalue weighted by atomic mass is 9.98. The van der Waals surface area contributed by atoms with Gasteiger partial charge in [0.1, 0.15) is 11.6 Å². The number of nitrogens with zero attached hydrogens (tertiary/aromatic N) is 2. The minimum absolute atomic E-state index is 0.181. The lowest BCUT2D eigenvalue weighted by Crippen LogP contribution is -2.39. The summed E-state index contributed by atoms with van der Waals surface area (Å²) < 4.78 is 18.7. The second-order valence-electron chi connectivity index (χ2n) is 5.74. The Balaban J connectivity index is 1.81. The van der Waals surface area contributed by atoms with Crippen molar-refractivity contribution in [1.82, 2.24) is 9.88 Å². The van der Waals surface area contributed by atoms with E-state index in [9.17, 15) is 9.18 Å². The Hall–Kier alpha value is -1.95. The molecule has 1 amide bonds. The number of methoxy groups -OCH3 is 1. The molecule has 23 heavy (non-hydrogen) atoms. The first-order chi connectivity index (χ1) is 11.1. The van der Waals surface area contributed by atoms with Crippen LogP contribution in [-0.4, -0.2) is 36.0 Å². The SMILES string of the molecule is COc1ccc(F)cc1C(=O)N1CCCC(c2ncc(C)s2)C1. The molecule has 122 valence electrons. The van der Waals surface area contributed by atoms with Gasteiger partial charge >= 0.3 is 0 Å². The number of carbonyl (C=O) groups excluding carboxylic acids is 1. The zero-order valence-electron chi connectivity index (χ0n) is 13.2. The van der Waals surface area contributed by atoms with Crippen LogP contribution >= 0.6 is 11.3 Å². The highest BCUT2D eigenvalue weighted by Crippen LogP contribution is 2.31. The largest absolute Gasteiger partial charge is 0.496 e. The summed E-state index contributed by atoms with van der Waals surface area (Å²) >= 11 is 1.68. The van der Waals surface area contributed by atoms with Crippen LogP contribution in [0.4, 0.5) is 4.39 Å². The topological polar surface area (TPSA) is 42.4 Å². The van der Waals surface area contributed by atoms with Crippen LogP contribution in [0.15, 0.2) is 24.4 Å². The molecule has 0 radical (unpaired) electrons. The predicted octanol–water partition coefficient (Wildman–Crippen LogP) is 3.62. The number of aryl methyl sites for hydroxylation is 1. The number of hydrogen-bond acceptors (Lipinski definition) is 4. The van der Waals surface area contributed by atoms with Crippen LogP contribution in [0.1, 0.15) is 39.0 Å². The lowest BCUT2D eigenvalue weighted by molar-refractivity contribution is 0.0703. The molecule has 0 bridgehead atoms. The molecule has 1 saturated heterocycles. The quantitative estimate of drug-likeness (QED) is 0.861. The van der Waals surface area contributed by atoms with E-state index in [1.165, 1.54) is 30.2 Å². The molecule has 1 aromatic carbocycles. The smallest absolute Gasteiger partial charge is 0.257 e. The second kappa shape index (κ2) is 6.66. The van der Waals surface area contributed by atoms with Crippen molar-refractivity contribution in [2.24, 2.45) is 0 Å². The highest BCUT2D eigenvalue weighted by molar-refractivity contribution is 7.11. The van der Waals surface area contributed by atoms with Crippen LogP contribution in [-0.2, 0) is 0 Å². The van der Waals surface area contributed by atoms with Crippen LogP contribution in [0, 0.1) is 12.7 Å². The number of ether oxygens (including phenoxy) is 1. The monoisotopic (exact) mass is 334 g/mol. The zero-order valence-corrected chi connectivity index (χ0v) is 14.0. The molecule has 2 heterocycles. The third kappa shape index (κ3) is 3.37. The Morgan fingerprint density at radius 1 is 1.48 bits per heavy atom. The Morgan fingerprint density at radius 3 is 3.00 bits per heavy atom. The maximum atomic E-state index is 13.5. The number of rotatable bonds is 3. The van der Waals surface area contributed by atoms with Crippen molar-refractivity contribution in [3.63, 3.8) is 0 Å². The number of benzene rings is 1. The number of piperidine rings is 1. The van der Waals surface area contributed by atoms with Gasteiger partial charge in [-0.1, -0.05) is 0 Å². The summed E-state index contributed by atoms with van der Waals surface area (Å²) in [5, 5.41) is 1.08. The van der Waals surface area contributed by atoms with Crippen LogP contribution in [0.25, 0.3) is 0 Å². The van der Waals surface area contributed by atoms with Crippen LogP contribution in [0.2, 0.25) is 0 Å². The molecule has 0 aliphatic carbocycles. The molecule has 1 unspecified atom stereocenters. The van der Waals surface area contributed by atoms with Crippen molar-refractivity contribution >= 4 is 17.2 Å². The third-order valence-electron chi connectivity index (χ3n) is 4.09. The minimum atomic E-state index is -0.432. The number of hydrogen-bond donors (Lipinski definition) is 0. The minimum Gasteiger partial charge on any atom is -0.496 e. The number of carbonyl (C=O) groups is 1. The summed E-state index contributed by atoms with van der Waals surface area (Å²) in [5.74, 6) is 0.0483. The Labute approximate surface area is 138 Å². The molecular weight excluding hydrogens is 315 g/mol. The average Bonchev–Trinajstić information content (AvgIpc) is 3.01. The lowest BCUT2D eigenvalue weighted by Gasteiger charge is -2.32. The van der Waals surface area contributed by atoms with Gasteiger partial charge in [-0.3, -0.25) is 4.79 Å². The van der Waals surface area contributed by atoms with Crippen molar-refractivity contribution in [2.45, 2.75) is 25.7 Å². The molecule has 1 aliphatic rings. The second-order valence-corrected chi connectivity index (χ2v) is 7.01. The summed E-state index contributed by atoms with van der Waals surface area (Å²) in [6.45, 7) is 3.33. The molecule has 0 N–H and O–H groups in total. The van der Waals surface area contributed by atoms with E-state index in [4.69, 9.17) is 4.74 Å². The summed E-state index contributed by atoms with van der Waals surface area (Å²) in [4.78, 5) is 20.2. The van der Waals surface area contributed by atoms with Crippen LogP contribution in [0.3, 0.4) is 0 Å². The molecular formula is C17H19FN2O2S. The normalized spacial score (nSPS) is 18.0. The molecule has 0 spiro atoms. The Kier molecular flexibility index (Phi) is 4.61. The maximum Gasteiger partial charge on any atom is 0.257 e.